The predicted molar refractivity (Wildman–Crippen MR) is 66.0 cm³/mol. The van der Waals surface area contributed by atoms with E-state index in [0.717, 1.165) is 23.4 Å². The molecule has 0 amide bonds. The highest BCUT2D eigenvalue weighted by Gasteiger charge is 2.04. The molecule has 2 N–H and O–H groups in total. The zero-order valence-electron chi connectivity index (χ0n) is 9.51. The number of anilines is 1. The number of hydrogen-bond acceptors (Lipinski definition) is 4. The second kappa shape index (κ2) is 4.62. The van der Waals surface area contributed by atoms with Crippen molar-refractivity contribution >= 4 is 5.95 Å². The Bertz CT molecular complexity index is 584. The molecular formula is C13H12N4. The number of rotatable bonds is 2. The zero-order chi connectivity index (χ0) is 12.3. The summed E-state index contributed by atoms with van der Waals surface area (Å²) in [5.74, 6) is 0.265. The molecule has 0 bridgehead atoms. The highest BCUT2D eigenvalue weighted by Crippen LogP contribution is 2.19. The molecule has 0 radical (unpaired) electrons. The molecule has 17 heavy (non-hydrogen) atoms. The number of aromatic nitrogens is 2. The molecule has 1 aromatic heterocycles. The summed E-state index contributed by atoms with van der Waals surface area (Å²) in [6.45, 7) is 2.01. The van der Waals surface area contributed by atoms with Gasteiger partial charge in [-0.15, -0.1) is 0 Å². The summed E-state index contributed by atoms with van der Waals surface area (Å²) in [6, 6.07) is 11.3. The molecular weight excluding hydrogens is 212 g/mol. The third-order valence-corrected chi connectivity index (χ3v) is 2.45. The smallest absolute Gasteiger partial charge is 0.220 e. The third kappa shape index (κ3) is 2.40. The van der Waals surface area contributed by atoms with Gasteiger partial charge >= 0.3 is 0 Å². The van der Waals surface area contributed by atoms with E-state index in [1.54, 1.807) is 12.1 Å². The van der Waals surface area contributed by atoms with Gasteiger partial charge < -0.3 is 5.73 Å². The Morgan fingerprint density at radius 2 is 2.12 bits per heavy atom. The lowest BCUT2D eigenvalue weighted by molar-refractivity contribution is 1.01. The summed E-state index contributed by atoms with van der Waals surface area (Å²) in [6.07, 6.45) is 0.803. The maximum absolute atomic E-state index is 8.86. The molecule has 1 heterocycles. The number of nitrogens with zero attached hydrogens (tertiary/aromatic N) is 3. The summed E-state index contributed by atoms with van der Waals surface area (Å²) in [5.41, 5.74) is 8.80. The molecule has 4 nitrogen and oxygen atoms in total. The van der Waals surface area contributed by atoms with Crippen LogP contribution in [-0.2, 0) is 6.42 Å². The molecule has 0 atom stereocenters. The first-order chi connectivity index (χ1) is 8.22. The topological polar surface area (TPSA) is 75.6 Å². The monoisotopic (exact) mass is 224 g/mol. The second-order valence-corrected chi connectivity index (χ2v) is 3.65. The van der Waals surface area contributed by atoms with E-state index in [0.29, 0.717) is 5.56 Å². The van der Waals surface area contributed by atoms with E-state index in [1.807, 2.05) is 25.1 Å². The molecule has 2 rings (SSSR count). The first kappa shape index (κ1) is 11.1. The summed E-state index contributed by atoms with van der Waals surface area (Å²) in [7, 11) is 0. The van der Waals surface area contributed by atoms with Crippen molar-refractivity contribution in [3.8, 4) is 17.3 Å². The highest BCUT2D eigenvalue weighted by atomic mass is 15.0. The van der Waals surface area contributed by atoms with Crippen LogP contribution in [0.4, 0.5) is 5.95 Å². The normalized spacial score (nSPS) is 9.88. The van der Waals surface area contributed by atoms with Gasteiger partial charge in [-0.2, -0.15) is 5.26 Å². The van der Waals surface area contributed by atoms with Gasteiger partial charge in [0.1, 0.15) is 0 Å². The number of nitrogen functional groups attached to an aromatic ring is 1. The van der Waals surface area contributed by atoms with Crippen LogP contribution >= 0.6 is 0 Å². The maximum atomic E-state index is 8.86. The van der Waals surface area contributed by atoms with Crippen LogP contribution in [0.1, 0.15) is 18.2 Å². The Kier molecular flexibility index (Phi) is 3.01. The van der Waals surface area contributed by atoms with Crippen molar-refractivity contribution < 1.29 is 0 Å². The fourth-order valence-electron chi connectivity index (χ4n) is 1.59. The van der Waals surface area contributed by atoms with Crippen LogP contribution in [0.5, 0.6) is 0 Å². The number of hydrogen-bond donors (Lipinski definition) is 1. The van der Waals surface area contributed by atoms with Crippen molar-refractivity contribution in [2.75, 3.05) is 5.73 Å². The van der Waals surface area contributed by atoms with Crippen LogP contribution in [0.2, 0.25) is 0 Å². The summed E-state index contributed by atoms with van der Waals surface area (Å²) in [4.78, 5) is 8.31. The molecule has 84 valence electrons. The van der Waals surface area contributed by atoms with Crippen molar-refractivity contribution in [3.05, 3.63) is 41.6 Å². The van der Waals surface area contributed by atoms with Crippen molar-refractivity contribution in [2.45, 2.75) is 13.3 Å². The molecule has 0 aliphatic carbocycles. The minimum absolute atomic E-state index is 0.265. The molecule has 0 fully saturated rings. The Morgan fingerprint density at radius 1 is 1.29 bits per heavy atom. The van der Waals surface area contributed by atoms with Crippen LogP contribution in [0.25, 0.3) is 11.3 Å². The first-order valence-electron chi connectivity index (χ1n) is 5.37. The van der Waals surface area contributed by atoms with Crippen LogP contribution in [0.15, 0.2) is 30.3 Å². The van der Waals surface area contributed by atoms with Gasteiger partial charge in [0.2, 0.25) is 5.95 Å². The van der Waals surface area contributed by atoms with Crippen molar-refractivity contribution in [3.63, 3.8) is 0 Å². The average molecular weight is 224 g/mol. The van der Waals surface area contributed by atoms with Gasteiger partial charge in [0, 0.05) is 11.3 Å². The Hall–Kier alpha value is -2.41. The van der Waals surface area contributed by atoms with Crippen LogP contribution in [0, 0.1) is 11.3 Å². The Balaban J connectivity index is 2.52. The van der Waals surface area contributed by atoms with Gasteiger partial charge in [-0.1, -0.05) is 19.1 Å². The van der Waals surface area contributed by atoms with E-state index < -0.39 is 0 Å². The molecule has 1 aromatic carbocycles. The molecule has 0 aliphatic rings. The van der Waals surface area contributed by atoms with Crippen LogP contribution < -0.4 is 5.73 Å². The third-order valence-electron chi connectivity index (χ3n) is 2.45. The lowest BCUT2D eigenvalue weighted by Crippen LogP contribution is -2.00. The molecule has 4 heteroatoms. The molecule has 2 aromatic rings. The second-order valence-electron chi connectivity index (χ2n) is 3.65. The number of nitriles is 1. The van der Waals surface area contributed by atoms with Crippen molar-refractivity contribution in [1.29, 1.82) is 5.26 Å². The molecule has 0 spiro atoms. The molecule has 0 saturated carbocycles. The van der Waals surface area contributed by atoms with Crippen LogP contribution in [-0.4, -0.2) is 9.97 Å². The van der Waals surface area contributed by atoms with E-state index in [9.17, 15) is 0 Å². The van der Waals surface area contributed by atoms with Gasteiger partial charge in [0.15, 0.2) is 0 Å². The van der Waals surface area contributed by atoms with E-state index in [-0.39, 0.29) is 5.95 Å². The maximum Gasteiger partial charge on any atom is 0.220 e. The van der Waals surface area contributed by atoms with Gasteiger partial charge in [-0.25, -0.2) is 9.97 Å². The van der Waals surface area contributed by atoms with E-state index in [2.05, 4.69) is 16.0 Å². The van der Waals surface area contributed by atoms with Gasteiger partial charge in [-0.3, -0.25) is 0 Å². The quantitative estimate of drug-likeness (QED) is 0.848. The Morgan fingerprint density at radius 3 is 2.82 bits per heavy atom. The Labute approximate surface area is 99.8 Å². The van der Waals surface area contributed by atoms with E-state index in [1.165, 1.54) is 0 Å². The van der Waals surface area contributed by atoms with E-state index in [4.69, 9.17) is 11.0 Å². The lowest BCUT2D eigenvalue weighted by Gasteiger charge is -2.04. The fourth-order valence-corrected chi connectivity index (χ4v) is 1.59. The fraction of sp³-hybridized carbons (Fsp3) is 0.154. The van der Waals surface area contributed by atoms with Crippen molar-refractivity contribution in [2.24, 2.45) is 0 Å². The zero-order valence-corrected chi connectivity index (χ0v) is 9.51. The first-order valence-corrected chi connectivity index (χ1v) is 5.37. The number of nitrogens with two attached hydrogens (primary N) is 1. The summed E-state index contributed by atoms with van der Waals surface area (Å²) >= 11 is 0. The van der Waals surface area contributed by atoms with E-state index >= 15 is 0 Å². The lowest BCUT2D eigenvalue weighted by atomic mass is 10.1. The standard InChI is InChI=1S/C13H12N4/c1-2-11-7-12(17-13(15)16-11)10-5-3-4-9(6-10)8-14/h3-7H,2H2,1H3,(H2,15,16,17). The predicted octanol–water partition coefficient (Wildman–Crippen LogP) is 2.16. The van der Waals surface area contributed by atoms with Gasteiger partial charge in [-0.05, 0) is 24.6 Å². The highest BCUT2D eigenvalue weighted by molar-refractivity contribution is 5.62. The molecule has 0 saturated heterocycles. The van der Waals surface area contributed by atoms with Crippen LogP contribution in [0.3, 0.4) is 0 Å². The molecule has 0 unspecified atom stereocenters. The van der Waals surface area contributed by atoms with Gasteiger partial charge in [0.25, 0.3) is 0 Å². The SMILES string of the molecule is CCc1cc(-c2cccc(C#N)c2)nc(N)n1. The minimum Gasteiger partial charge on any atom is -0.368 e. The minimum atomic E-state index is 0.265. The van der Waals surface area contributed by atoms with Gasteiger partial charge in [0.05, 0.1) is 17.3 Å². The largest absolute Gasteiger partial charge is 0.368 e. The van der Waals surface area contributed by atoms with Crippen molar-refractivity contribution in [1.82, 2.24) is 9.97 Å². The summed E-state index contributed by atoms with van der Waals surface area (Å²) in [5, 5.41) is 8.86. The molecule has 0 aliphatic heterocycles. The number of aryl methyl sites for hydroxylation is 1. The average Bonchev–Trinajstić information content (AvgIpc) is 2.38. The summed E-state index contributed by atoms with van der Waals surface area (Å²) < 4.78 is 0. The number of benzene rings is 1.